The summed E-state index contributed by atoms with van der Waals surface area (Å²) in [5, 5.41) is 3.18. The zero-order valence-electron chi connectivity index (χ0n) is 18.8. The second-order valence-corrected chi connectivity index (χ2v) is 7.34. The van der Waals surface area contributed by atoms with E-state index in [0.29, 0.717) is 30.3 Å². The fourth-order valence-corrected chi connectivity index (χ4v) is 3.89. The van der Waals surface area contributed by atoms with Crippen molar-refractivity contribution in [3.8, 4) is 11.5 Å². The Balaban J connectivity index is 1.82. The van der Waals surface area contributed by atoms with E-state index in [4.69, 9.17) is 9.47 Å². The summed E-state index contributed by atoms with van der Waals surface area (Å²) in [6, 6.07) is 11.8. The first-order chi connectivity index (χ1) is 16.0. The van der Waals surface area contributed by atoms with Gasteiger partial charge in [0.05, 0.1) is 18.9 Å². The van der Waals surface area contributed by atoms with Gasteiger partial charge in [-0.15, -0.1) is 0 Å². The fraction of sp³-hybridized carbons (Fsp3) is 0.240. The second kappa shape index (κ2) is 9.20. The number of anilines is 1. The Hall–Kier alpha value is -4.07. The molecule has 2 heterocycles. The molecule has 4 amide bonds. The molecule has 1 aliphatic heterocycles. The smallest absolute Gasteiger partial charge is 0.336 e. The molecule has 0 unspecified atom stereocenters. The zero-order chi connectivity index (χ0) is 23.5. The lowest BCUT2D eigenvalue weighted by molar-refractivity contribution is -0.122. The summed E-state index contributed by atoms with van der Waals surface area (Å²) in [5.74, 6) is -0.661. The summed E-state index contributed by atoms with van der Waals surface area (Å²) in [5.41, 5.74) is 1.78. The van der Waals surface area contributed by atoms with Crippen molar-refractivity contribution in [3.05, 3.63) is 59.8 Å². The molecule has 33 heavy (non-hydrogen) atoms. The third-order valence-corrected chi connectivity index (χ3v) is 5.34. The second-order valence-electron chi connectivity index (χ2n) is 7.34. The van der Waals surface area contributed by atoms with E-state index in [1.807, 2.05) is 48.9 Å². The molecule has 0 bridgehead atoms. The quantitative estimate of drug-likeness (QED) is 0.435. The number of aryl methyl sites for hydroxylation is 1. The van der Waals surface area contributed by atoms with E-state index in [0.717, 1.165) is 22.3 Å². The lowest BCUT2D eigenvalue weighted by Crippen LogP contribution is -2.54. The maximum atomic E-state index is 13.5. The topological polar surface area (TPSA) is 89.9 Å². The molecule has 8 nitrogen and oxygen atoms in total. The van der Waals surface area contributed by atoms with Crippen LogP contribution in [0.1, 0.15) is 26.3 Å². The van der Waals surface area contributed by atoms with E-state index in [1.54, 1.807) is 25.1 Å². The number of imide groups is 2. The molecule has 1 aromatic heterocycles. The average Bonchev–Trinajstić information content (AvgIpc) is 3.16. The lowest BCUT2D eigenvalue weighted by atomic mass is 10.1. The van der Waals surface area contributed by atoms with Crippen LogP contribution in [0.3, 0.4) is 0 Å². The van der Waals surface area contributed by atoms with E-state index in [9.17, 15) is 14.4 Å². The first-order valence-corrected chi connectivity index (χ1v) is 10.9. The average molecular weight is 447 g/mol. The van der Waals surface area contributed by atoms with Crippen LogP contribution in [-0.2, 0) is 16.1 Å². The zero-order valence-corrected chi connectivity index (χ0v) is 18.8. The molecule has 1 N–H and O–H groups in total. The van der Waals surface area contributed by atoms with Crippen molar-refractivity contribution < 1.29 is 23.9 Å². The Kier molecular flexibility index (Phi) is 6.17. The predicted molar refractivity (Wildman–Crippen MR) is 125 cm³/mol. The minimum Gasteiger partial charge on any atom is -0.494 e. The first kappa shape index (κ1) is 22.1. The number of nitrogens with one attached hydrogen (secondary N) is 1. The Morgan fingerprint density at radius 1 is 0.970 bits per heavy atom. The largest absolute Gasteiger partial charge is 0.494 e. The molecule has 0 spiro atoms. The summed E-state index contributed by atoms with van der Waals surface area (Å²) in [4.78, 5) is 39.8. The van der Waals surface area contributed by atoms with Crippen LogP contribution < -0.4 is 19.7 Å². The van der Waals surface area contributed by atoms with Crippen molar-refractivity contribution in [2.75, 3.05) is 18.1 Å². The normalized spacial score (nSPS) is 15.3. The number of benzene rings is 2. The van der Waals surface area contributed by atoms with Crippen molar-refractivity contribution >= 4 is 40.5 Å². The number of nitrogens with zero attached hydrogens (tertiary/aromatic N) is 2. The van der Waals surface area contributed by atoms with Crippen LogP contribution in [-0.4, -0.2) is 35.6 Å². The molecule has 8 heteroatoms. The van der Waals surface area contributed by atoms with Crippen molar-refractivity contribution in [3.63, 3.8) is 0 Å². The van der Waals surface area contributed by atoms with E-state index in [-0.39, 0.29) is 11.3 Å². The summed E-state index contributed by atoms with van der Waals surface area (Å²) in [7, 11) is 0. The fourth-order valence-electron chi connectivity index (χ4n) is 3.89. The number of para-hydroxylation sites is 1. The SMILES string of the molecule is CCOc1ccc(OCC)c(N2C(=O)NC(=O)/C(=C\c3cn(CC)c4ccccc34)C2=O)c1. The molecular weight excluding hydrogens is 422 g/mol. The van der Waals surface area contributed by atoms with Gasteiger partial charge in [0, 0.05) is 35.3 Å². The van der Waals surface area contributed by atoms with Crippen LogP contribution >= 0.6 is 0 Å². The highest BCUT2D eigenvalue weighted by Gasteiger charge is 2.38. The monoisotopic (exact) mass is 447 g/mol. The van der Waals surface area contributed by atoms with Gasteiger partial charge in [-0.25, -0.2) is 9.69 Å². The number of hydrogen-bond acceptors (Lipinski definition) is 5. The minimum absolute atomic E-state index is 0.141. The third kappa shape index (κ3) is 4.07. The van der Waals surface area contributed by atoms with Gasteiger partial charge in [-0.2, -0.15) is 0 Å². The summed E-state index contributed by atoms with van der Waals surface area (Å²) < 4.78 is 13.2. The van der Waals surface area contributed by atoms with Crippen LogP contribution in [0.2, 0.25) is 0 Å². The van der Waals surface area contributed by atoms with Gasteiger partial charge >= 0.3 is 6.03 Å². The standard InChI is InChI=1S/C25H25N3O5/c1-4-27-15-16(18-9-7-8-10-20(18)27)13-19-23(29)26-25(31)28(24(19)30)21-14-17(32-5-2)11-12-22(21)33-6-3/h7-15H,4-6H2,1-3H3,(H,26,29,31)/b19-13+. The van der Waals surface area contributed by atoms with E-state index >= 15 is 0 Å². The number of amides is 4. The van der Waals surface area contributed by atoms with Crippen LogP contribution in [0.4, 0.5) is 10.5 Å². The molecular formula is C25H25N3O5. The van der Waals surface area contributed by atoms with Crippen molar-refractivity contribution in [2.45, 2.75) is 27.3 Å². The number of ether oxygens (including phenoxy) is 2. The number of barbiturate groups is 1. The van der Waals surface area contributed by atoms with Gasteiger partial charge in [-0.1, -0.05) is 18.2 Å². The molecule has 4 rings (SSSR count). The van der Waals surface area contributed by atoms with Crippen molar-refractivity contribution in [2.24, 2.45) is 0 Å². The lowest BCUT2D eigenvalue weighted by Gasteiger charge is -2.28. The Morgan fingerprint density at radius 3 is 2.45 bits per heavy atom. The van der Waals surface area contributed by atoms with E-state index in [1.165, 1.54) is 6.08 Å². The number of urea groups is 1. The van der Waals surface area contributed by atoms with Crippen LogP contribution in [0.15, 0.2) is 54.2 Å². The third-order valence-electron chi connectivity index (χ3n) is 5.34. The highest BCUT2D eigenvalue weighted by molar-refractivity contribution is 6.39. The van der Waals surface area contributed by atoms with Gasteiger partial charge in [-0.3, -0.25) is 14.9 Å². The molecule has 170 valence electrons. The number of hydrogen-bond donors (Lipinski definition) is 1. The molecule has 1 saturated heterocycles. The number of carbonyl (C=O) groups is 3. The van der Waals surface area contributed by atoms with Gasteiger partial charge in [0.15, 0.2) is 0 Å². The van der Waals surface area contributed by atoms with Gasteiger partial charge in [-0.05, 0) is 45.0 Å². The highest BCUT2D eigenvalue weighted by Crippen LogP contribution is 2.35. The van der Waals surface area contributed by atoms with Crippen LogP contribution in [0, 0.1) is 0 Å². The molecule has 1 fully saturated rings. The highest BCUT2D eigenvalue weighted by atomic mass is 16.5. The summed E-state index contributed by atoms with van der Waals surface area (Å²) >= 11 is 0. The summed E-state index contributed by atoms with van der Waals surface area (Å²) in [6.45, 7) is 7.14. The predicted octanol–water partition coefficient (Wildman–Crippen LogP) is 4.13. The number of fused-ring (bicyclic) bond motifs is 1. The Labute approximate surface area is 191 Å². The molecule has 0 atom stereocenters. The van der Waals surface area contributed by atoms with Crippen molar-refractivity contribution in [1.82, 2.24) is 9.88 Å². The molecule has 1 aliphatic rings. The number of aromatic nitrogens is 1. The molecule has 0 aliphatic carbocycles. The minimum atomic E-state index is -0.840. The number of rotatable bonds is 7. The van der Waals surface area contributed by atoms with Crippen LogP contribution in [0.5, 0.6) is 11.5 Å². The van der Waals surface area contributed by atoms with E-state index in [2.05, 4.69) is 5.32 Å². The molecule has 0 saturated carbocycles. The molecule has 2 aromatic carbocycles. The van der Waals surface area contributed by atoms with Gasteiger partial charge in [0.25, 0.3) is 11.8 Å². The number of carbonyl (C=O) groups excluding carboxylic acids is 3. The Morgan fingerprint density at radius 2 is 1.73 bits per heavy atom. The summed E-state index contributed by atoms with van der Waals surface area (Å²) in [6.07, 6.45) is 3.42. The Bertz CT molecular complexity index is 1270. The van der Waals surface area contributed by atoms with Gasteiger partial charge < -0.3 is 14.0 Å². The van der Waals surface area contributed by atoms with Crippen molar-refractivity contribution in [1.29, 1.82) is 0 Å². The van der Waals surface area contributed by atoms with E-state index < -0.39 is 17.8 Å². The maximum Gasteiger partial charge on any atom is 0.336 e. The van der Waals surface area contributed by atoms with Gasteiger partial charge in [0.1, 0.15) is 17.1 Å². The maximum absolute atomic E-state index is 13.5. The van der Waals surface area contributed by atoms with Gasteiger partial charge in [0.2, 0.25) is 0 Å². The molecule has 3 aromatic rings. The molecule has 0 radical (unpaired) electrons. The van der Waals surface area contributed by atoms with Crippen LogP contribution in [0.25, 0.3) is 17.0 Å². The first-order valence-electron chi connectivity index (χ1n) is 10.9.